The fourth-order valence-corrected chi connectivity index (χ4v) is 3.45. The van der Waals surface area contributed by atoms with Gasteiger partial charge in [-0.05, 0) is 47.7 Å². The number of carbonyl (C=O) groups is 3. The highest BCUT2D eigenvalue weighted by Crippen LogP contribution is 2.25. The van der Waals surface area contributed by atoms with Crippen molar-refractivity contribution in [3.63, 3.8) is 0 Å². The molecule has 0 amide bonds. The Balaban J connectivity index is 0.000000449. The van der Waals surface area contributed by atoms with Gasteiger partial charge in [0.15, 0.2) is 0 Å². The number of carboxylic acids is 1. The number of carbonyl (C=O) groups excluding carboxylic acids is 2. The van der Waals surface area contributed by atoms with Gasteiger partial charge in [0.1, 0.15) is 13.2 Å². The third-order valence-electron chi connectivity index (χ3n) is 5.10. The number of carboxylic acid groups (broad SMARTS) is 1. The SMILES string of the molecule is C=CCOC(=O)c1ccc(CC=C)c(C(=O)OCC=C)c1Cc1ccccc1.O=C(O)c1ccccc1. The molecule has 0 saturated carbocycles. The highest BCUT2D eigenvalue weighted by atomic mass is 16.5. The lowest BCUT2D eigenvalue weighted by atomic mass is 9.90. The maximum Gasteiger partial charge on any atom is 0.339 e. The molecule has 3 aromatic rings. The summed E-state index contributed by atoms with van der Waals surface area (Å²) >= 11 is 0. The number of allylic oxidation sites excluding steroid dienone is 1. The van der Waals surface area contributed by atoms with Crippen LogP contribution in [-0.2, 0) is 22.3 Å². The van der Waals surface area contributed by atoms with Gasteiger partial charge in [-0.2, -0.15) is 0 Å². The maximum absolute atomic E-state index is 12.8. The van der Waals surface area contributed by atoms with Crippen LogP contribution >= 0.6 is 0 Å². The van der Waals surface area contributed by atoms with Gasteiger partial charge in [0, 0.05) is 0 Å². The highest BCUT2D eigenvalue weighted by Gasteiger charge is 2.24. The molecule has 37 heavy (non-hydrogen) atoms. The van der Waals surface area contributed by atoms with E-state index in [0.29, 0.717) is 35.1 Å². The minimum Gasteiger partial charge on any atom is -0.478 e. The summed E-state index contributed by atoms with van der Waals surface area (Å²) < 4.78 is 10.5. The summed E-state index contributed by atoms with van der Waals surface area (Å²) in [7, 11) is 0. The fourth-order valence-electron chi connectivity index (χ4n) is 3.45. The Kier molecular flexibility index (Phi) is 11.8. The number of aromatic carboxylic acids is 1. The summed E-state index contributed by atoms with van der Waals surface area (Å²) in [5.41, 5.74) is 3.33. The van der Waals surface area contributed by atoms with E-state index < -0.39 is 17.9 Å². The summed E-state index contributed by atoms with van der Waals surface area (Å²) in [5.74, 6) is -1.88. The van der Waals surface area contributed by atoms with Crippen molar-refractivity contribution in [2.75, 3.05) is 13.2 Å². The van der Waals surface area contributed by atoms with E-state index in [1.54, 1.807) is 48.5 Å². The van der Waals surface area contributed by atoms with Crippen LogP contribution in [0, 0.1) is 0 Å². The molecule has 0 aliphatic heterocycles. The first kappa shape index (κ1) is 28.5. The van der Waals surface area contributed by atoms with E-state index in [0.717, 1.165) is 11.1 Å². The van der Waals surface area contributed by atoms with Gasteiger partial charge in [-0.1, -0.05) is 86.0 Å². The normalized spacial score (nSPS) is 9.73. The first-order valence-corrected chi connectivity index (χ1v) is 11.6. The third-order valence-corrected chi connectivity index (χ3v) is 5.10. The molecule has 0 saturated heterocycles. The molecule has 3 rings (SSSR count). The molecule has 6 nitrogen and oxygen atoms in total. The minimum absolute atomic E-state index is 0.0856. The van der Waals surface area contributed by atoms with Gasteiger partial charge in [0.25, 0.3) is 0 Å². The van der Waals surface area contributed by atoms with Gasteiger partial charge in [0.2, 0.25) is 0 Å². The van der Waals surface area contributed by atoms with E-state index in [9.17, 15) is 14.4 Å². The molecule has 6 heteroatoms. The van der Waals surface area contributed by atoms with Gasteiger partial charge in [-0.15, -0.1) is 6.58 Å². The molecular weight excluding hydrogens is 468 g/mol. The van der Waals surface area contributed by atoms with Crippen molar-refractivity contribution in [3.8, 4) is 0 Å². The molecule has 190 valence electrons. The zero-order chi connectivity index (χ0) is 27.0. The van der Waals surface area contributed by atoms with Crippen LogP contribution in [0.4, 0.5) is 0 Å². The van der Waals surface area contributed by atoms with E-state index in [-0.39, 0.29) is 13.2 Å². The van der Waals surface area contributed by atoms with Crippen LogP contribution in [0.1, 0.15) is 47.8 Å². The van der Waals surface area contributed by atoms with Crippen LogP contribution in [0.25, 0.3) is 0 Å². The van der Waals surface area contributed by atoms with E-state index in [1.165, 1.54) is 12.2 Å². The summed E-state index contributed by atoms with van der Waals surface area (Å²) in [6.07, 6.45) is 5.58. The minimum atomic E-state index is -0.879. The van der Waals surface area contributed by atoms with Crippen molar-refractivity contribution in [1.29, 1.82) is 0 Å². The highest BCUT2D eigenvalue weighted by molar-refractivity contribution is 5.99. The maximum atomic E-state index is 12.8. The Morgan fingerprint density at radius 3 is 1.81 bits per heavy atom. The number of rotatable bonds is 11. The molecule has 0 atom stereocenters. The lowest BCUT2D eigenvalue weighted by Crippen LogP contribution is -2.17. The molecule has 1 N–H and O–H groups in total. The lowest BCUT2D eigenvalue weighted by Gasteiger charge is -2.17. The first-order valence-electron chi connectivity index (χ1n) is 11.6. The number of benzene rings is 3. The topological polar surface area (TPSA) is 89.9 Å². The monoisotopic (exact) mass is 498 g/mol. The van der Waals surface area contributed by atoms with Crippen molar-refractivity contribution in [2.24, 2.45) is 0 Å². The zero-order valence-electron chi connectivity index (χ0n) is 20.6. The molecule has 3 aromatic carbocycles. The molecular formula is C31H30O6. The molecule has 0 spiro atoms. The predicted octanol–water partition coefficient (Wildman–Crippen LogP) is 6.08. The van der Waals surface area contributed by atoms with Crippen molar-refractivity contribution in [1.82, 2.24) is 0 Å². The molecule has 0 aliphatic carbocycles. The summed E-state index contributed by atoms with van der Waals surface area (Å²) in [6, 6.07) is 21.3. The number of hydrogen-bond donors (Lipinski definition) is 1. The second-order valence-electron chi connectivity index (χ2n) is 7.73. The fraction of sp³-hybridized carbons (Fsp3) is 0.129. The Morgan fingerprint density at radius 1 is 0.730 bits per heavy atom. The predicted molar refractivity (Wildman–Crippen MR) is 144 cm³/mol. The van der Waals surface area contributed by atoms with Crippen LogP contribution in [0.15, 0.2) is 111 Å². The van der Waals surface area contributed by atoms with Gasteiger partial charge in [0.05, 0.1) is 16.7 Å². The third kappa shape index (κ3) is 8.78. The summed E-state index contributed by atoms with van der Waals surface area (Å²) in [5, 5.41) is 8.38. The van der Waals surface area contributed by atoms with Gasteiger partial charge >= 0.3 is 17.9 Å². The molecule has 0 unspecified atom stereocenters. The van der Waals surface area contributed by atoms with Crippen LogP contribution in [0.5, 0.6) is 0 Å². The van der Waals surface area contributed by atoms with E-state index in [2.05, 4.69) is 19.7 Å². The number of ether oxygens (including phenoxy) is 2. The van der Waals surface area contributed by atoms with E-state index in [4.69, 9.17) is 14.6 Å². The second kappa shape index (κ2) is 15.3. The largest absolute Gasteiger partial charge is 0.478 e. The lowest BCUT2D eigenvalue weighted by molar-refractivity contribution is 0.0544. The summed E-state index contributed by atoms with van der Waals surface area (Å²) in [6.45, 7) is 11.1. The Bertz CT molecular complexity index is 1230. The van der Waals surface area contributed by atoms with Gasteiger partial charge in [-0.3, -0.25) is 0 Å². The van der Waals surface area contributed by atoms with Gasteiger partial charge < -0.3 is 14.6 Å². The number of esters is 2. The quantitative estimate of drug-likeness (QED) is 0.255. The van der Waals surface area contributed by atoms with Crippen molar-refractivity contribution in [2.45, 2.75) is 12.8 Å². The summed E-state index contributed by atoms with van der Waals surface area (Å²) in [4.78, 5) is 35.6. The molecule has 0 bridgehead atoms. The van der Waals surface area contributed by atoms with Crippen LogP contribution in [0.3, 0.4) is 0 Å². The Hall–Kier alpha value is -4.71. The molecule has 0 aromatic heterocycles. The average Bonchev–Trinajstić information content (AvgIpc) is 2.92. The van der Waals surface area contributed by atoms with Gasteiger partial charge in [-0.25, -0.2) is 14.4 Å². The zero-order valence-corrected chi connectivity index (χ0v) is 20.6. The standard InChI is InChI=1S/C24H24O4.C7H6O2/c1-4-10-19-13-14-20(23(25)27-15-5-2)21(17-18-11-8-7-9-12-18)22(19)24(26)28-16-6-3;8-7(9)6-4-2-1-3-5-6/h4-9,11-14H,1-3,10,15-17H2;1-5H,(H,8,9). The average molecular weight is 499 g/mol. The molecule has 0 fully saturated rings. The Morgan fingerprint density at radius 2 is 1.30 bits per heavy atom. The molecule has 0 heterocycles. The van der Waals surface area contributed by atoms with Crippen LogP contribution in [-0.4, -0.2) is 36.2 Å². The van der Waals surface area contributed by atoms with Crippen LogP contribution < -0.4 is 0 Å². The molecule has 0 radical (unpaired) electrons. The second-order valence-corrected chi connectivity index (χ2v) is 7.73. The Labute approximate surface area is 217 Å². The van der Waals surface area contributed by atoms with Crippen LogP contribution in [0.2, 0.25) is 0 Å². The molecule has 0 aliphatic rings. The first-order chi connectivity index (χ1) is 17.9. The van der Waals surface area contributed by atoms with Crippen molar-refractivity contribution < 1.29 is 29.0 Å². The van der Waals surface area contributed by atoms with E-state index in [1.807, 2.05) is 30.3 Å². The number of hydrogen-bond acceptors (Lipinski definition) is 5. The van der Waals surface area contributed by atoms with E-state index >= 15 is 0 Å². The van der Waals surface area contributed by atoms with Crippen molar-refractivity contribution >= 4 is 17.9 Å². The van der Waals surface area contributed by atoms with Crippen molar-refractivity contribution in [3.05, 3.63) is 144 Å². The smallest absolute Gasteiger partial charge is 0.339 e.